The molecule has 0 spiro atoms. The minimum Gasteiger partial charge on any atom is -0.489 e. The quantitative estimate of drug-likeness (QED) is 0.163. The van der Waals surface area contributed by atoms with Crippen molar-refractivity contribution in [3.63, 3.8) is 0 Å². The van der Waals surface area contributed by atoms with E-state index in [-0.39, 0.29) is 28.0 Å². The zero-order chi connectivity index (χ0) is 28.9. The fraction of sp³-hybridized carbons (Fsp3) is 0.308. The number of carbonyl (C=O) groups excluding carboxylic acids is 1. The van der Waals surface area contributed by atoms with E-state index in [2.05, 4.69) is 14.4 Å². The third-order valence-corrected chi connectivity index (χ3v) is 7.69. The molecule has 214 valence electrons. The number of halogens is 4. The number of nitrogens with one attached hydrogen (secondary N) is 1. The number of thioether (sulfide) groups is 1. The van der Waals surface area contributed by atoms with Crippen LogP contribution in [0, 0.1) is 5.92 Å². The molecular formula is C26H24Cl2F2N2O6S2. The normalized spacial score (nSPS) is 14.1. The summed E-state index contributed by atoms with van der Waals surface area (Å²) in [7, 11) is -3.45. The summed E-state index contributed by atoms with van der Waals surface area (Å²) in [6, 6.07) is 10.5. The molecule has 1 N–H and O–H groups in total. The number of hydrogen-bond acceptors (Lipinski definition) is 8. The molecule has 0 aliphatic heterocycles. The lowest BCUT2D eigenvalue weighted by Crippen LogP contribution is -2.13. The number of hydrogen-bond donors (Lipinski definition) is 1. The highest BCUT2D eigenvalue weighted by Crippen LogP contribution is 2.38. The monoisotopic (exact) mass is 632 g/mol. The van der Waals surface area contributed by atoms with Gasteiger partial charge in [-0.1, -0.05) is 29.3 Å². The van der Waals surface area contributed by atoms with E-state index in [1.807, 2.05) is 0 Å². The third-order valence-electron chi connectivity index (χ3n) is 5.67. The van der Waals surface area contributed by atoms with Gasteiger partial charge in [-0.3, -0.25) is 9.71 Å². The molecule has 0 amide bonds. The van der Waals surface area contributed by atoms with Gasteiger partial charge < -0.3 is 14.2 Å². The van der Waals surface area contributed by atoms with E-state index in [1.165, 1.54) is 42.7 Å². The molecule has 1 aliphatic rings. The number of alkyl halides is 2. The first-order valence-corrected chi connectivity index (χ1v) is 15.4. The number of carbonyl (C=O) groups is 1. The van der Waals surface area contributed by atoms with Crippen molar-refractivity contribution in [2.45, 2.75) is 36.9 Å². The fourth-order valence-electron chi connectivity index (χ4n) is 3.61. The highest BCUT2D eigenvalue weighted by molar-refractivity contribution is 8.13. The van der Waals surface area contributed by atoms with E-state index in [1.54, 1.807) is 12.1 Å². The second-order valence-corrected chi connectivity index (χ2v) is 12.6. The van der Waals surface area contributed by atoms with E-state index < -0.39 is 28.0 Å². The molecule has 0 saturated heterocycles. The summed E-state index contributed by atoms with van der Waals surface area (Å²) < 4.78 is 67.4. The van der Waals surface area contributed by atoms with E-state index in [0.717, 1.165) is 30.9 Å². The van der Waals surface area contributed by atoms with Gasteiger partial charge in [-0.25, -0.2) is 13.2 Å². The minimum absolute atomic E-state index is 0.0564. The van der Waals surface area contributed by atoms with Crippen LogP contribution in [0.4, 0.5) is 19.3 Å². The van der Waals surface area contributed by atoms with Gasteiger partial charge in [0.2, 0.25) is 10.0 Å². The number of pyridine rings is 1. The fourth-order valence-corrected chi connectivity index (χ4v) is 5.32. The maximum Gasteiger partial charge on any atom is 0.387 e. The van der Waals surface area contributed by atoms with Crippen molar-refractivity contribution in [1.29, 1.82) is 0 Å². The van der Waals surface area contributed by atoms with Crippen molar-refractivity contribution in [3.05, 3.63) is 76.0 Å². The maximum absolute atomic E-state index is 13.0. The molecule has 1 saturated carbocycles. The van der Waals surface area contributed by atoms with Crippen LogP contribution in [0.1, 0.15) is 30.1 Å². The van der Waals surface area contributed by atoms with Gasteiger partial charge in [0.15, 0.2) is 11.5 Å². The Morgan fingerprint density at radius 3 is 2.38 bits per heavy atom. The van der Waals surface area contributed by atoms with Gasteiger partial charge in [-0.2, -0.15) is 8.78 Å². The van der Waals surface area contributed by atoms with Crippen LogP contribution < -0.4 is 14.2 Å². The van der Waals surface area contributed by atoms with E-state index in [9.17, 15) is 22.0 Å². The predicted molar refractivity (Wildman–Crippen MR) is 149 cm³/mol. The Balaban J connectivity index is 1.58. The number of nitrogens with zero attached hydrogens (tertiary/aromatic N) is 1. The summed E-state index contributed by atoms with van der Waals surface area (Å²) in [4.78, 5) is 17.4. The Morgan fingerprint density at radius 2 is 1.77 bits per heavy atom. The Kier molecular flexibility index (Phi) is 9.99. The summed E-state index contributed by atoms with van der Waals surface area (Å²) >= 11 is 13.4. The number of sulfonamides is 1. The molecule has 3 aromatic rings. The molecule has 1 aromatic heterocycles. The van der Waals surface area contributed by atoms with Gasteiger partial charge in [0.05, 0.1) is 22.9 Å². The van der Waals surface area contributed by atoms with Crippen molar-refractivity contribution < 1.29 is 36.2 Å². The summed E-state index contributed by atoms with van der Waals surface area (Å²) in [5.41, 5.74) is 1.26. The molecule has 0 unspecified atom stereocenters. The van der Waals surface area contributed by atoms with Crippen molar-refractivity contribution >= 4 is 56.0 Å². The second kappa shape index (κ2) is 13.2. The van der Waals surface area contributed by atoms with Crippen molar-refractivity contribution in [2.75, 3.05) is 17.6 Å². The summed E-state index contributed by atoms with van der Waals surface area (Å²) in [6.07, 6.45) is 4.95. The first-order valence-electron chi connectivity index (χ1n) is 11.9. The summed E-state index contributed by atoms with van der Waals surface area (Å²) in [5, 5.41) is -0.153. The number of anilines is 1. The van der Waals surface area contributed by atoms with Crippen LogP contribution in [0.2, 0.25) is 10.0 Å². The van der Waals surface area contributed by atoms with Gasteiger partial charge in [0, 0.05) is 29.4 Å². The molecule has 1 fully saturated rings. The lowest BCUT2D eigenvalue weighted by atomic mass is 10.0. The van der Waals surface area contributed by atoms with Gasteiger partial charge in [-0.15, -0.1) is 0 Å². The molecule has 0 radical (unpaired) electrons. The molecular weight excluding hydrogens is 609 g/mol. The summed E-state index contributed by atoms with van der Waals surface area (Å²) in [5.74, 6) is 0.308. The van der Waals surface area contributed by atoms with Crippen molar-refractivity contribution in [2.24, 2.45) is 5.92 Å². The standard InChI is InChI=1S/C26H24Cl2F2N2O6S2/c1-40(34,35)32-17-5-7-18(8-6-17)39-26(33)38-23(11-19-20(27)12-31-13-21(19)28)16-4-9-22(37-25(29)30)24(10-16)36-14-15-2-3-15/h4-10,12-13,15,23,25,32H,2-3,11,14H2,1H3/t23-/m0/s1. The third kappa shape index (κ3) is 9.12. The van der Waals surface area contributed by atoms with Crippen LogP contribution in [-0.4, -0.2) is 38.2 Å². The van der Waals surface area contributed by atoms with E-state index in [4.69, 9.17) is 32.7 Å². The molecule has 0 bridgehead atoms. The van der Waals surface area contributed by atoms with Crippen molar-refractivity contribution in [1.82, 2.24) is 4.98 Å². The minimum atomic E-state index is -3.45. The molecule has 14 heteroatoms. The molecule has 1 atom stereocenters. The number of ether oxygens (including phenoxy) is 3. The van der Waals surface area contributed by atoms with Gasteiger partial charge in [-0.05, 0) is 78.0 Å². The number of aromatic nitrogens is 1. The lowest BCUT2D eigenvalue weighted by Gasteiger charge is -2.21. The van der Waals surface area contributed by atoms with Crippen LogP contribution in [-0.2, 0) is 21.2 Å². The zero-order valence-corrected chi connectivity index (χ0v) is 24.1. The predicted octanol–water partition coefficient (Wildman–Crippen LogP) is 7.36. The van der Waals surface area contributed by atoms with Crippen LogP contribution in [0.3, 0.4) is 0 Å². The number of benzene rings is 2. The first kappa shape index (κ1) is 30.2. The SMILES string of the molecule is CS(=O)(=O)Nc1ccc(SC(=O)O[C@@H](Cc2c(Cl)cncc2Cl)c2ccc(OC(F)F)c(OCC3CC3)c2)cc1. The van der Waals surface area contributed by atoms with Crippen LogP contribution in [0.15, 0.2) is 59.8 Å². The molecule has 1 aliphatic carbocycles. The highest BCUT2D eigenvalue weighted by Gasteiger charge is 2.26. The smallest absolute Gasteiger partial charge is 0.387 e. The average molecular weight is 634 g/mol. The van der Waals surface area contributed by atoms with Crippen LogP contribution in [0.25, 0.3) is 0 Å². The van der Waals surface area contributed by atoms with Gasteiger partial charge >= 0.3 is 11.9 Å². The molecule has 2 aromatic carbocycles. The second-order valence-electron chi connectivity index (χ2n) is 8.98. The average Bonchev–Trinajstić information content (AvgIpc) is 3.70. The van der Waals surface area contributed by atoms with Gasteiger partial charge in [0.25, 0.3) is 0 Å². The van der Waals surface area contributed by atoms with Crippen LogP contribution in [0.5, 0.6) is 11.5 Å². The maximum atomic E-state index is 13.0. The molecule has 4 rings (SSSR count). The largest absolute Gasteiger partial charge is 0.489 e. The van der Waals surface area contributed by atoms with E-state index in [0.29, 0.717) is 34.2 Å². The van der Waals surface area contributed by atoms with Gasteiger partial charge in [0.1, 0.15) is 6.10 Å². The molecule has 40 heavy (non-hydrogen) atoms. The topological polar surface area (TPSA) is 104 Å². The number of rotatable bonds is 12. The Bertz CT molecular complexity index is 1440. The van der Waals surface area contributed by atoms with Crippen LogP contribution >= 0.6 is 35.0 Å². The Labute approximate surface area is 244 Å². The molecule has 1 heterocycles. The Morgan fingerprint density at radius 1 is 1.10 bits per heavy atom. The van der Waals surface area contributed by atoms with Crippen molar-refractivity contribution in [3.8, 4) is 11.5 Å². The lowest BCUT2D eigenvalue weighted by molar-refractivity contribution is -0.0515. The highest BCUT2D eigenvalue weighted by atomic mass is 35.5. The van der Waals surface area contributed by atoms with E-state index >= 15 is 0 Å². The first-order chi connectivity index (χ1) is 19.0. The zero-order valence-electron chi connectivity index (χ0n) is 21.0. The molecule has 8 nitrogen and oxygen atoms in total. The Hall–Kier alpha value is -2.80. The summed E-state index contributed by atoms with van der Waals surface area (Å²) in [6.45, 7) is -2.71.